The number of nitrogens with zero attached hydrogens (tertiary/aromatic N) is 4. The number of amides is 1. The number of rotatable bonds is 5. The Labute approximate surface area is 136 Å². The minimum atomic E-state index is 0.266. The summed E-state index contributed by atoms with van der Waals surface area (Å²) in [5.74, 6) is 0.802. The number of H-pyrrole nitrogens is 1. The zero-order valence-electron chi connectivity index (χ0n) is 14.0. The minimum absolute atomic E-state index is 0.266. The molecule has 1 aliphatic rings. The Morgan fingerprint density at radius 2 is 2.35 bits per heavy atom. The maximum Gasteiger partial charge on any atom is 0.222 e. The number of hydrogen-bond acceptors (Lipinski definition) is 3. The van der Waals surface area contributed by atoms with Gasteiger partial charge < -0.3 is 4.90 Å². The van der Waals surface area contributed by atoms with E-state index in [2.05, 4.69) is 15.3 Å². The van der Waals surface area contributed by atoms with Crippen LogP contribution in [-0.2, 0) is 24.7 Å². The van der Waals surface area contributed by atoms with Gasteiger partial charge in [-0.25, -0.2) is 0 Å². The lowest BCUT2D eigenvalue weighted by Gasteiger charge is -2.32. The number of likely N-dealkylation sites (tertiary alicyclic amines) is 1. The Kier molecular flexibility index (Phi) is 4.79. The third-order valence-electron chi connectivity index (χ3n) is 4.88. The van der Waals surface area contributed by atoms with Crippen LogP contribution in [0.25, 0.3) is 0 Å². The summed E-state index contributed by atoms with van der Waals surface area (Å²) < 4.78 is 1.86. The molecule has 1 amide bonds. The predicted octanol–water partition coefficient (Wildman–Crippen LogP) is 1.87. The monoisotopic (exact) mass is 315 g/mol. The molecule has 1 fully saturated rings. The minimum Gasteiger partial charge on any atom is -0.342 e. The van der Waals surface area contributed by atoms with E-state index < -0.39 is 0 Å². The van der Waals surface area contributed by atoms with Gasteiger partial charge in [0.1, 0.15) is 0 Å². The smallest absolute Gasteiger partial charge is 0.222 e. The first-order valence-electron chi connectivity index (χ1n) is 8.37. The number of hydrogen-bond donors (Lipinski definition) is 1. The van der Waals surface area contributed by atoms with Crippen LogP contribution in [0.5, 0.6) is 0 Å². The molecule has 2 aromatic heterocycles. The van der Waals surface area contributed by atoms with Crippen molar-refractivity contribution in [2.45, 2.75) is 39.0 Å². The second kappa shape index (κ2) is 6.98. The molecule has 23 heavy (non-hydrogen) atoms. The highest BCUT2D eigenvalue weighted by Gasteiger charge is 2.24. The molecule has 0 aromatic carbocycles. The fourth-order valence-electron chi connectivity index (χ4n) is 3.36. The first-order valence-corrected chi connectivity index (χ1v) is 8.37. The number of aryl methyl sites for hydroxylation is 2. The molecule has 0 aliphatic carbocycles. The molecule has 2 aromatic rings. The molecular weight excluding hydrogens is 290 g/mol. The lowest BCUT2D eigenvalue weighted by Crippen LogP contribution is -2.40. The lowest BCUT2D eigenvalue weighted by molar-refractivity contribution is -0.133. The van der Waals surface area contributed by atoms with E-state index in [0.29, 0.717) is 12.3 Å². The summed E-state index contributed by atoms with van der Waals surface area (Å²) >= 11 is 0. The standard InChI is InChI=1S/C17H25N5O/c1-13-15(11-19-21(13)2)5-6-17(23)22-9-3-4-14(12-22)10-16-7-8-18-20-16/h7-8,11,14H,3-6,9-10,12H2,1-2H3,(H,18,20)/t14-/m0/s1. The second-order valence-electron chi connectivity index (χ2n) is 6.51. The molecular formula is C17H25N5O. The molecule has 0 saturated carbocycles. The topological polar surface area (TPSA) is 66.8 Å². The fraction of sp³-hybridized carbons (Fsp3) is 0.588. The molecule has 6 nitrogen and oxygen atoms in total. The van der Waals surface area contributed by atoms with E-state index in [1.807, 2.05) is 35.8 Å². The van der Waals surface area contributed by atoms with Crippen molar-refractivity contribution in [3.63, 3.8) is 0 Å². The quantitative estimate of drug-likeness (QED) is 0.916. The molecule has 1 atom stereocenters. The molecule has 124 valence electrons. The number of carbonyl (C=O) groups is 1. The van der Waals surface area contributed by atoms with Crippen LogP contribution >= 0.6 is 0 Å². The Morgan fingerprint density at radius 1 is 1.48 bits per heavy atom. The third kappa shape index (κ3) is 3.81. The molecule has 1 N–H and O–H groups in total. The highest BCUT2D eigenvalue weighted by molar-refractivity contribution is 5.76. The van der Waals surface area contributed by atoms with Gasteiger partial charge in [-0.1, -0.05) is 0 Å². The summed E-state index contributed by atoms with van der Waals surface area (Å²) in [6.45, 7) is 3.81. The van der Waals surface area contributed by atoms with Gasteiger partial charge in [0.15, 0.2) is 0 Å². The number of piperidine rings is 1. The summed E-state index contributed by atoms with van der Waals surface area (Å²) in [4.78, 5) is 14.6. The third-order valence-corrected chi connectivity index (χ3v) is 4.88. The van der Waals surface area contributed by atoms with E-state index in [9.17, 15) is 4.79 Å². The highest BCUT2D eigenvalue weighted by Crippen LogP contribution is 2.21. The first kappa shape index (κ1) is 15.8. The first-order chi connectivity index (χ1) is 11.1. The molecule has 0 radical (unpaired) electrons. The zero-order valence-corrected chi connectivity index (χ0v) is 14.0. The Morgan fingerprint density at radius 3 is 3.04 bits per heavy atom. The summed E-state index contributed by atoms with van der Waals surface area (Å²) in [5.41, 5.74) is 3.48. The van der Waals surface area contributed by atoms with Crippen molar-refractivity contribution >= 4 is 5.91 Å². The van der Waals surface area contributed by atoms with Crippen molar-refractivity contribution in [3.8, 4) is 0 Å². The molecule has 0 unspecified atom stereocenters. The van der Waals surface area contributed by atoms with Gasteiger partial charge in [0.25, 0.3) is 0 Å². The zero-order chi connectivity index (χ0) is 16.2. The summed E-state index contributed by atoms with van der Waals surface area (Å²) in [7, 11) is 1.94. The van der Waals surface area contributed by atoms with Crippen molar-refractivity contribution in [2.24, 2.45) is 13.0 Å². The Balaban J connectivity index is 1.51. The molecule has 1 aliphatic heterocycles. The number of carbonyl (C=O) groups excluding carboxylic acids is 1. The molecule has 6 heteroatoms. The summed E-state index contributed by atoms with van der Waals surface area (Å²) in [5, 5.41) is 11.3. The van der Waals surface area contributed by atoms with Gasteiger partial charge in [0.2, 0.25) is 5.91 Å². The second-order valence-corrected chi connectivity index (χ2v) is 6.51. The normalized spacial score (nSPS) is 18.3. The van der Waals surface area contributed by atoms with Crippen molar-refractivity contribution in [2.75, 3.05) is 13.1 Å². The average Bonchev–Trinajstić information content (AvgIpc) is 3.17. The molecule has 1 saturated heterocycles. The van der Waals surface area contributed by atoms with Crippen LogP contribution in [0.3, 0.4) is 0 Å². The molecule has 0 bridgehead atoms. The molecule has 0 spiro atoms. The SMILES string of the molecule is Cc1c(CCC(=O)N2CCC[C@@H](Cc3ccn[nH]3)C2)cnn1C. The van der Waals surface area contributed by atoms with Crippen molar-refractivity contribution in [3.05, 3.63) is 35.4 Å². The van der Waals surface area contributed by atoms with Crippen LogP contribution < -0.4 is 0 Å². The van der Waals surface area contributed by atoms with Crippen molar-refractivity contribution in [1.82, 2.24) is 24.9 Å². The van der Waals surface area contributed by atoms with Crippen LogP contribution in [0, 0.1) is 12.8 Å². The number of aromatic amines is 1. The fourth-order valence-corrected chi connectivity index (χ4v) is 3.36. The molecule has 3 heterocycles. The van der Waals surface area contributed by atoms with Gasteiger partial charge in [-0.15, -0.1) is 0 Å². The van der Waals surface area contributed by atoms with Crippen molar-refractivity contribution in [1.29, 1.82) is 0 Å². The highest BCUT2D eigenvalue weighted by atomic mass is 16.2. The van der Waals surface area contributed by atoms with Gasteiger partial charge in [-0.05, 0) is 50.2 Å². The van der Waals surface area contributed by atoms with Crippen LogP contribution in [-0.4, -0.2) is 43.9 Å². The van der Waals surface area contributed by atoms with Crippen LogP contribution in [0.15, 0.2) is 18.5 Å². The van der Waals surface area contributed by atoms with Crippen LogP contribution in [0.1, 0.15) is 36.2 Å². The van der Waals surface area contributed by atoms with Gasteiger partial charge in [0.05, 0.1) is 6.20 Å². The molecule has 3 rings (SSSR count). The van der Waals surface area contributed by atoms with Crippen molar-refractivity contribution < 1.29 is 4.79 Å². The van der Waals surface area contributed by atoms with Gasteiger partial charge in [-0.3, -0.25) is 14.6 Å². The average molecular weight is 315 g/mol. The maximum absolute atomic E-state index is 12.5. The van der Waals surface area contributed by atoms with Gasteiger partial charge >= 0.3 is 0 Å². The Hall–Kier alpha value is -2.11. The van der Waals surface area contributed by atoms with E-state index in [0.717, 1.165) is 43.7 Å². The summed E-state index contributed by atoms with van der Waals surface area (Å²) in [6, 6.07) is 2.02. The largest absolute Gasteiger partial charge is 0.342 e. The maximum atomic E-state index is 12.5. The van der Waals surface area contributed by atoms with E-state index in [4.69, 9.17) is 0 Å². The van der Waals surface area contributed by atoms with Gasteiger partial charge in [-0.2, -0.15) is 10.2 Å². The number of aromatic nitrogens is 4. The summed E-state index contributed by atoms with van der Waals surface area (Å²) in [6.07, 6.45) is 8.27. The lowest BCUT2D eigenvalue weighted by atomic mass is 9.93. The van der Waals surface area contributed by atoms with Crippen LogP contribution in [0.4, 0.5) is 0 Å². The number of nitrogens with one attached hydrogen (secondary N) is 1. The van der Waals surface area contributed by atoms with E-state index in [1.54, 1.807) is 6.20 Å². The van der Waals surface area contributed by atoms with E-state index >= 15 is 0 Å². The van der Waals surface area contributed by atoms with Gasteiger partial charge in [0, 0.05) is 44.1 Å². The predicted molar refractivity (Wildman–Crippen MR) is 87.9 cm³/mol. The van der Waals surface area contributed by atoms with Crippen LogP contribution in [0.2, 0.25) is 0 Å². The van der Waals surface area contributed by atoms with E-state index in [-0.39, 0.29) is 5.91 Å². The Bertz CT molecular complexity index is 646. The van der Waals surface area contributed by atoms with E-state index in [1.165, 1.54) is 12.0 Å².